The van der Waals surface area contributed by atoms with Crippen molar-refractivity contribution in [3.63, 3.8) is 0 Å². The van der Waals surface area contributed by atoms with Gasteiger partial charge in [0.05, 0.1) is 7.18 Å². The minimum Gasteiger partial charge on any atom is -0.386 e. The molecule has 1 aliphatic rings. The molecule has 3 heteroatoms. The average Bonchev–Trinajstić information content (AvgIpc) is 2.69. The Morgan fingerprint density at radius 1 is 0.893 bits per heavy atom. The van der Waals surface area contributed by atoms with Crippen LogP contribution in [0.4, 0.5) is 8.78 Å². The zero-order chi connectivity index (χ0) is 20.9. The first-order valence-corrected chi connectivity index (χ1v) is 10.00. The third kappa shape index (κ3) is 9.68. The van der Waals surface area contributed by atoms with Crippen LogP contribution in [0.1, 0.15) is 49.3 Å². The molecule has 0 bridgehead atoms. The Labute approximate surface area is 169 Å². The lowest BCUT2D eigenvalue weighted by molar-refractivity contribution is 0.302. The number of hydrogen-bond donors (Lipinski definition) is 1. The van der Waals surface area contributed by atoms with Crippen LogP contribution >= 0.6 is 0 Å². The number of hydrogen-bond acceptors (Lipinski definition) is 1. The van der Waals surface area contributed by atoms with Gasteiger partial charge in [0.15, 0.2) is 0 Å². The number of rotatable bonds is 4. The molecule has 0 unspecified atom stereocenters. The topological polar surface area (TPSA) is 12.0 Å². The summed E-state index contributed by atoms with van der Waals surface area (Å²) in [6, 6.07) is 16.0. The Bertz CT molecular complexity index is 648. The third-order valence-corrected chi connectivity index (χ3v) is 4.95. The third-order valence-electron chi connectivity index (χ3n) is 4.95. The van der Waals surface area contributed by atoms with Gasteiger partial charge >= 0.3 is 0 Å². The van der Waals surface area contributed by atoms with Crippen molar-refractivity contribution < 1.29 is 8.78 Å². The van der Waals surface area contributed by atoms with Crippen LogP contribution < -0.4 is 5.32 Å². The predicted molar refractivity (Wildman–Crippen MR) is 117 cm³/mol. The van der Waals surface area contributed by atoms with E-state index >= 15 is 0 Å². The fourth-order valence-electron chi connectivity index (χ4n) is 3.45. The lowest BCUT2D eigenvalue weighted by Gasteiger charge is -2.29. The van der Waals surface area contributed by atoms with E-state index in [1.165, 1.54) is 42.4 Å². The minimum absolute atomic E-state index is 0.145. The summed E-state index contributed by atoms with van der Waals surface area (Å²) in [5.41, 5.74) is 4.98. The van der Waals surface area contributed by atoms with Crippen molar-refractivity contribution >= 4 is 0 Å². The highest BCUT2D eigenvalue weighted by Crippen LogP contribution is 2.27. The maximum Gasteiger partial charge on any atom is 0.123 e. The molecule has 0 radical (unpaired) electrons. The molecule has 1 fully saturated rings. The summed E-state index contributed by atoms with van der Waals surface area (Å²) in [4.78, 5) is 0. The maximum absolute atomic E-state index is 12.8. The molecule has 1 N–H and O–H groups in total. The first-order chi connectivity index (χ1) is 13.4. The van der Waals surface area contributed by atoms with Gasteiger partial charge in [-0.05, 0) is 76.5 Å². The molecular formula is C25H35F2N. The molecular weight excluding hydrogens is 352 g/mol. The van der Waals surface area contributed by atoms with Crippen molar-refractivity contribution in [2.45, 2.75) is 58.9 Å². The highest BCUT2D eigenvalue weighted by molar-refractivity contribution is 5.19. The van der Waals surface area contributed by atoms with Crippen molar-refractivity contribution in [3.05, 3.63) is 83.3 Å². The van der Waals surface area contributed by atoms with Crippen LogP contribution in [0.15, 0.2) is 60.8 Å². The van der Waals surface area contributed by atoms with E-state index in [1.54, 1.807) is 12.1 Å². The molecule has 0 saturated heterocycles. The number of nitrogens with one attached hydrogen (secondary N) is 1. The maximum atomic E-state index is 12.8. The smallest absolute Gasteiger partial charge is 0.123 e. The summed E-state index contributed by atoms with van der Waals surface area (Å²) in [5, 5.41) is 3.43. The summed E-state index contributed by atoms with van der Waals surface area (Å²) in [6.45, 7) is 10.1. The lowest BCUT2D eigenvalue weighted by atomic mass is 9.82. The number of alkyl halides is 1. The van der Waals surface area contributed by atoms with Crippen LogP contribution in [0.2, 0.25) is 0 Å². The molecule has 3 rings (SSSR count). The average molecular weight is 388 g/mol. The van der Waals surface area contributed by atoms with Crippen LogP contribution in [0.25, 0.3) is 0 Å². The van der Waals surface area contributed by atoms with E-state index < -0.39 is 0 Å². The molecule has 0 heterocycles. The van der Waals surface area contributed by atoms with Crippen molar-refractivity contribution in [3.8, 4) is 0 Å². The normalized spacial score (nSPS) is 18.1. The Kier molecular flexibility index (Phi) is 11.2. The molecule has 0 atom stereocenters. The molecule has 0 spiro atoms. The fraction of sp³-hybridized carbons (Fsp3) is 0.440. The monoisotopic (exact) mass is 387 g/mol. The van der Waals surface area contributed by atoms with Crippen LogP contribution in [-0.4, -0.2) is 13.2 Å². The van der Waals surface area contributed by atoms with Gasteiger partial charge in [-0.25, -0.2) is 4.39 Å². The van der Waals surface area contributed by atoms with Crippen LogP contribution in [0, 0.1) is 25.6 Å². The van der Waals surface area contributed by atoms with Crippen molar-refractivity contribution in [2.24, 2.45) is 5.92 Å². The van der Waals surface area contributed by atoms with Crippen LogP contribution in [-0.2, 0) is 6.42 Å². The minimum atomic E-state index is -0.145. The Hall–Kier alpha value is -2.16. The van der Waals surface area contributed by atoms with Gasteiger partial charge in [-0.1, -0.05) is 54.1 Å². The van der Waals surface area contributed by atoms with E-state index in [0.717, 1.165) is 18.0 Å². The molecule has 1 aliphatic carbocycles. The lowest BCUT2D eigenvalue weighted by Crippen LogP contribution is -2.32. The Morgan fingerprint density at radius 3 is 1.79 bits per heavy atom. The standard InChI is InChI=1S/C16H22FN.C8H10.CH3F/c1-12(2)18-16-9-5-14(6-10-16)11-13-3-7-15(17)8-4-13;1-7-3-5-8(2)6-4-7;1-2/h3-4,7-8,14,16,18H,1,5-6,9-11H2,2H3;3-6H,1-2H3;1H3. The number of allylic oxidation sites excluding steroid dienone is 1. The molecule has 0 aromatic heterocycles. The Balaban J connectivity index is 0.000000327. The van der Waals surface area contributed by atoms with E-state index in [-0.39, 0.29) is 5.82 Å². The van der Waals surface area contributed by atoms with Crippen molar-refractivity contribution in [1.82, 2.24) is 5.32 Å². The van der Waals surface area contributed by atoms with E-state index in [1.807, 2.05) is 19.1 Å². The predicted octanol–water partition coefficient (Wildman–Crippen LogP) is 6.94. The van der Waals surface area contributed by atoms with Crippen LogP contribution in [0.5, 0.6) is 0 Å². The highest BCUT2D eigenvalue weighted by Gasteiger charge is 2.20. The molecule has 2 aromatic rings. The zero-order valence-electron chi connectivity index (χ0n) is 17.8. The van der Waals surface area contributed by atoms with Gasteiger partial charge in [0.25, 0.3) is 0 Å². The van der Waals surface area contributed by atoms with Gasteiger partial charge in [-0.2, -0.15) is 0 Å². The van der Waals surface area contributed by atoms with E-state index in [4.69, 9.17) is 0 Å². The largest absolute Gasteiger partial charge is 0.386 e. The van der Waals surface area contributed by atoms with Gasteiger partial charge in [-0.15, -0.1) is 0 Å². The van der Waals surface area contributed by atoms with Crippen molar-refractivity contribution in [1.29, 1.82) is 0 Å². The van der Waals surface area contributed by atoms with Gasteiger partial charge in [-0.3, -0.25) is 4.39 Å². The molecule has 28 heavy (non-hydrogen) atoms. The van der Waals surface area contributed by atoms with Crippen molar-refractivity contribution in [2.75, 3.05) is 7.18 Å². The second-order valence-corrected chi connectivity index (χ2v) is 7.63. The first-order valence-electron chi connectivity index (χ1n) is 10.00. The van der Waals surface area contributed by atoms with E-state index in [9.17, 15) is 8.78 Å². The summed E-state index contributed by atoms with van der Waals surface area (Å²) < 4.78 is 22.3. The molecule has 1 saturated carbocycles. The second kappa shape index (κ2) is 13.1. The van der Waals surface area contributed by atoms with E-state index in [2.05, 4.69) is 50.0 Å². The zero-order valence-corrected chi connectivity index (χ0v) is 17.8. The Morgan fingerprint density at radius 2 is 1.36 bits per heavy atom. The number of aryl methyl sites for hydroxylation is 2. The molecule has 0 amide bonds. The van der Waals surface area contributed by atoms with E-state index in [0.29, 0.717) is 13.2 Å². The van der Waals surface area contributed by atoms with Gasteiger partial charge in [0.2, 0.25) is 0 Å². The van der Waals surface area contributed by atoms with Gasteiger partial charge < -0.3 is 5.32 Å². The first kappa shape index (κ1) is 23.9. The summed E-state index contributed by atoms with van der Waals surface area (Å²) in [6.07, 6.45) is 6.03. The molecule has 2 aromatic carbocycles. The molecule has 154 valence electrons. The highest BCUT2D eigenvalue weighted by atomic mass is 19.1. The summed E-state index contributed by atoms with van der Waals surface area (Å²) >= 11 is 0. The summed E-state index contributed by atoms with van der Waals surface area (Å²) in [5.74, 6) is 0.603. The summed E-state index contributed by atoms with van der Waals surface area (Å²) in [7, 11) is 0.500. The van der Waals surface area contributed by atoms with Crippen LogP contribution in [0.3, 0.4) is 0 Å². The second-order valence-electron chi connectivity index (χ2n) is 7.63. The fourth-order valence-corrected chi connectivity index (χ4v) is 3.45. The van der Waals surface area contributed by atoms with Gasteiger partial charge in [0.1, 0.15) is 5.82 Å². The SMILES string of the molecule is C=C(C)NC1CCC(Cc2ccc(F)cc2)CC1.CF.Cc1ccc(C)cc1. The number of halogens is 2. The number of benzene rings is 2. The quantitative estimate of drug-likeness (QED) is 0.599. The molecule has 0 aliphatic heterocycles. The molecule has 1 nitrogen and oxygen atoms in total. The van der Waals surface area contributed by atoms with Gasteiger partial charge in [0, 0.05) is 11.7 Å².